The Morgan fingerprint density at radius 3 is 2.80 bits per heavy atom. The van der Waals surface area contributed by atoms with Crippen molar-refractivity contribution in [3.05, 3.63) is 45.6 Å². The molecule has 5 heteroatoms. The predicted molar refractivity (Wildman–Crippen MR) is 95.1 cm³/mol. The summed E-state index contributed by atoms with van der Waals surface area (Å²) >= 11 is 8.75. The van der Waals surface area contributed by atoms with Gasteiger partial charge in [-0.25, -0.2) is 0 Å². The van der Waals surface area contributed by atoms with Gasteiger partial charge in [-0.05, 0) is 41.8 Å². The van der Waals surface area contributed by atoms with Crippen molar-refractivity contribution in [2.45, 2.75) is 25.3 Å². The van der Waals surface area contributed by atoms with E-state index in [0.717, 1.165) is 28.4 Å². The standard InChI is InChI=1S/C15H18N2S3/c1-3-19-12-6-4-5-11(14(12)15(16)18)17-9-13-10(2)7-8-20-13/h4-8,17H,3,9H2,1-2H3,(H2,16,18). The zero-order valence-corrected chi connectivity index (χ0v) is 14.1. The first-order valence-electron chi connectivity index (χ1n) is 6.46. The van der Waals surface area contributed by atoms with Crippen molar-refractivity contribution in [1.82, 2.24) is 0 Å². The molecule has 2 rings (SSSR count). The van der Waals surface area contributed by atoms with Crippen LogP contribution in [0.25, 0.3) is 0 Å². The molecule has 0 atom stereocenters. The van der Waals surface area contributed by atoms with E-state index >= 15 is 0 Å². The number of benzene rings is 1. The zero-order chi connectivity index (χ0) is 14.5. The molecule has 1 aromatic carbocycles. The van der Waals surface area contributed by atoms with Crippen LogP contribution in [-0.4, -0.2) is 10.7 Å². The molecule has 0 radical (unpaired) electrons. The van der Waals surface area contributed by atoms with Gasteiger partial charge in [-0.3, -0.25) is 0 Å². The Morgan fingerprint density at radius 2 is 2.20 bits per heavy atom. The lowest BCUT2D eigenvalue weighted by Crippen LogP contribution is -2.14. The molecule has 0 unspecified atom stereocenters. The van der Waals surface area contributed by atoms with Gasteiger partial charge in [-0.2, -0.15) is 0 Å². The van der Waals surface area contributed by atoms with Gasteiger partial charge in [-0.15, -0.1) is 23.1 Å². The third-order valence-corrected chi connectivity index (χ3v) is 5.15. The van der Waals surface area contributed by atoms with E-state index in [-0.39, 0.29) is 0 Å². The molecular formula is C15H18N2S3. The van der Waals surface area contributed by atoms with Gasteiger partial charge >= 0.3 is 0 Å². The molecule has 0 saturated carbocycles. The maximum Gasteiger partial charge on any atom is 0.107 e. The van der Waals surface area contributed by atoms with Crippen molar-refractivity contribution in [2.75, 3.05) is 11.1 Å². The maximum absolute atomic E-state index is 5.91. The highest BCUT2D eigenvalue weighted by molar-refractivity contribution is 7.99. The molecule has 0 fully saturated rings. The third-order valence-electron chi connectivity index (χ3n) is 2.98. The predicted octanol–water partition coefficient (Wildman–Crippen LogP) is 4.41. The monoisotopic (exact) mass is 322 g/mol. The SMILES string of the molecule is CCSc1cccc(NCc2sccc2C)c1C(N)=S. The van der Waals surface area contributed by atoms with Gasteiger partial charge in [-0.1, -0.05) is 25.2 Å². The number of thioether (sulfide) groups is 1. The van der Waals surface area contributed by atoms with Gasteiger partial charge in [0.25, 0.3) is 0 Å². The number of aryl methyl sites for hydroxylation is 1. The maximum atomic E-state index is 5.91. The quantitative estimate of drug-likeness (QED) is 0.610. The minimum absolute atomic E-state index is 0.451. The fraction of sp³-hybridized carbons (Fsp3) is 0.267. The van der Waals surface area contributed by atoms with E-state index in [1.165, 1.54) is 10.4 Å². The van der Waals surface area contributed by atoms with E-state index in [9.17, 15) is 0 Å². The summed E-state index contributed by atoms with van der Waals surface area (Å²) in [4.78, 5) is 2.94. The highest BCUT2D eigenvalue weighted by atomic mass is 32.2. The van der Waals surface area contributed by atoms with E-state index in [0.29, 0.717) is 4.99 Å². The van der Waals surface area contributed by atoms with Crippen LogP contribution in [0, 0.1) is 6.92 Å². The number of nitrogens with one attached hydrogen (secondary N) is 1. The first-order chi connectivity index (χ1) is 9.63. The topological polar surface area (TPSA) is 38.0 Å². The van der Waals surface area contributed by atoms with Crippen LogP contribution in [0.1, 0.15) is 22.9 Å². The Labute approximate surface area is 133 Å². The highest BCUT2D eigenvalue weighted by Gasteiger charge is 2.11. The molecule has 2 nitrogen and oxygen atoms in total. The van der Waals surface area contributed by atoms with Crippen LogP contribution in [0.5, 0.6) is 0 Å². The van der Waals surface area contributed by atoms with Crippen molar-refractivity contribution >= 4 is 46.0 Å². The van der Waals surface area contributed by atoms with Crippen LogP contribution in [0.3, 0.4) is 0 Å². The molecule has 1 heterocycles. The lowest BCUT2D eigenvalue weighted by atomic mass is 10.1. The largest absolute Gasteiger partial charge is 0.389 e. The van der Waals surface area contributed by atoms with Crippen LogP contribution in [0.2, 0.25) is 0 Å². The van der Waals surface area contributed by atoms with Gasteiger partial charge < -0.3 is 11.1 Å². The number of hydrogen-bond donors (Lipinski definition) is 2. The second kappa shape index (κ2) is 7.11. The summed E-state index contributed by atoms with van der Waals surface area (Å²) in [7, 11) is 0. The third kappa shape index (κ3) is 3.53. The Bertz CT molecular complexity index is 605. The molecule has 0 amide bonds. The fourth-order valence-corrected chi connectivity index (χ4v) is 3.95. The smallest absolute Gasteiger partial charge is 0.107 e. The summed E-state index contributed by atoms with van der Waals surface area (Å²) in [5.74, 6) is 1.00. The van der Waals surface area contributed by atoms with Crippen LogP contribution < -0.4 is 11.1 Å². The summed E-state index contributed by atoms with van der Waals surface area (Å²) in [5.41, 5.74) is 9.20. The summed E-state index contributed by atoms with van der Waals surface area (Å²) in [5, 5.41) is 5.58. The first-order valence-corrected chi connectivity index (χ1v) is 8.73. The number of thiocarbonyl (C=S) groups is 1. The van der Waals surface area contributed by atoms with Gasteiger partial charge in [0.2, 0.25) is 0 Å². The lowest BCUT2D eigenvalue weighted by Gasteiger charge is -2.14. The molecule has 20 heavy (non-hydrogen) atoms. The number of hydrogen-bond acceptors (Lipinski definition) is 4. The van der Waals surface area contributed by atoms with Crippen molar-refractivity contribution in [2.24, 2.45) is 5.73 Å². The fourth-order valence-electron chi connectivity index (χ4n) is 1.97. The highest BCUT2D eigenvalue weighted by Crippen LogP contribution is 2.29. The number of nitrogens with two attached hydrogens (primary N) is 1. The van der Waals surface area contributed by atoms with Crippen molar-refractivity contribution in [3.8, 4) is 0 Å². The molecule has 0 spiro atoms. The van der Waals surface area contributed by atoms with Crippen LogP contribution in [-0.2, 0) is 6.54 Å². The summed E-state index contributed by atoms with van der Waals surface area (Å²) in [6.45, 7) is 5.06. The molecular weight excluding hydrogens is 304 g/mol. The average Bonchev–Trinajstić information content (AvgIpc) is 2.82. The minimum Gasteiger partial charge on any atom is -0.389 e. The van der Waals surface area contributed by atoms with Crippen LogP contribution in [0.4, 0.5) is 5.69 Å². The Morgan fingerprint density at radius 1 is 1.40 bits per heavy atom. The summed E-state index contributed by atoms with van der Waals surface area (Å²) < 4.78 is 0. The molecule has 0 saturated heterocycles. The Kier molecular flexibility index (Phi) is 5.46. The second-order valence-electron chi connectivity index (χ2n) is 4.36. The lowest BCUT2D eigenvalue weighted by molar-refractivity contribution is 1.16. The van der Waals surface area contributed by atoms with Gasteiger partial charge in [0.15, 0.2) is 0 Å². The molecule has 1 aromatic heterocycles. The molecule has 106 valence electrons. The van der Waals surface area contributed by atoms with Gasteiger partial charge in [0.1, 0.15) is 4.99 Å². The minimum atomic E-state index is 0.451. The van der Waals surface area contributed by atoms with E-state index < -0.39 is 0 Å². The first kappa shape index (κ1) is 15.4. The Hall–Kier alpha value is -1.04. The molecule has 3 N–H and O–H groups in total. The van der Waals surface area contributed by atoms with Crippen LogP contribution >= 0.6 is 35.3 Å². The van der Waals surface area contributed by atoms with Crippen molar-refractivity contribution in [1.29, 1.82) is 0 Å². The van der Waals surface area contributed by atoms with Crippen molar-refractivity contribution < 1.29 is 0 Å². The van der Waals surface area contributed by atoms with E-state index in [2.05, 4.69) is 36.7 Å². The zero-order valence-electron chi connectivity index (χ0n) is 11.6. The van der Waals surface area contributed by atoms with E-state index in [4.69, 9.17) is 18.0 Å². The molecule has 2 aromatic rings. The summed E-state index contributed by atoms with van der Waals surface area (Å²) in [6.07, 6.45) is 0. The number of rotatable bonds is 6. The molecule has 0 aliphatic rings. The van der Waals surface area contributed by atoms with E-state index in [1.807, 2.05) is 12.1 Å². The van der Waals surface area contributed by atoms with Gasteiger partial charge in [0, 0.05) is 27.6 Å². The molecule has 0 bridgehead atoms. The molecule has 0 aliphatic carbocycles. The second-order valence-corrected chi connectivity index (χ2v) is 7.10. The van der Waals surface area contributed by atoms with Crippen molar-refractivity contribution in [3.63, 3.8) is 0 Å². The normalized spacial score (nSPS) is 10.5. The average molecular weight is 323 g/mol. The molecule has 0 aliphatic heterocycles. The summed E-state index contributed by atoms with van der Waals surface area (Å²) in [6, 6.07) is 8.30. The van der Waals surface area contributed by atoms with Gasteiger partial charge in [0.05, 0.1) is 0 Å². The Balaban J connectivity index is 2.24. The number of thiophene rings is 1. The van der Waals surface area contributed by atoms with E-state index in [1.54, 1.807) is 23.1 Å². The number of anilines is 1. The van der Waals surface area contributed by atoms with Crippen LogP contribution in [0.15, 0.2) is 34.5 Å².